The predicted octanol–water partition coefficient (Wildman–Crippen LogP) is 2.45. The van der Waals surface area contributed by atoms with Crippen molar-refractivity contribution in [1.82, 2.24) is 9.88 Å². The Morgan fingerprint density at radius 2 is 1.83 bits per heavy atom. The van der Waals surface area contributed by atoms with Crippen molar-refractivity contribution in [2.75, 3.05) is 31.1 Å². The molecule has 3 heteroatoms. The highest BCUT2D eigenvalue weighted by Crippen LogP contribution is 2.25. The van der Waals surface area contributed by atoms with E-state index in [1.165, 1.54) is 44.3 Å². The van der Waals surface area contributed by atoms with Crippen molar-refractivity contribution in [3.05, 3.63) is 23.9 Å². The van der Waals surface area contributed by atoms with Crippen LogP contribution in [0, 0.1) is 6.92 Å². The molecule has 3 rings (SSSR count). The van der Waals surface area contributed by atoms with Crippen LogP contribution in [0.15, 0.2) is 18.3 Å². The first-order chi connectivity index (χ1) is 8.83. The molecular weight excluding hydrogens is 222 g/mol. The minimum absolute atomic E-state index is 0.873. The quantitative estimate of drug-likeness (QED) is 0.798. The Labute approximate surface area is 110 Å². The number of piperazine rings is 1. The zero-order chi connectivity index (χ0) is 12.4. The fourth-order valence-electron chi connectivity index (χ4n) is 3.28. The molecule has 3 nitrogen and oxygen atoms in total. The average molecular weight is 245 g/mol. The first kappa shape index (κ1) is 12.0. The summed E-state index contributed by atoms with van der Waals surface area (Å²) < 4.78 is 0. The Kier molecular flexibility index (Phi) is 3.50. The van der Waals surface area contributed by atoms with E-state index in [1.807, 2.05) is 6.20 Å². The van der Waals surface area contributed by atoms with Gasteiger partial charge in [0.2, 0.25) is 0 Å². The molecule has 2 heterocycles. The Hall–Kier alpha value is -1.09. The van der Waals surface area contributed by atoms with Crippen molar-refractivity contribution in [1.29, 1.82) is 0 Å². The standard InChI is InChI=1S/C15H23N3/c1-13-6-7-16-15(12-13)18-10-8-17(9-11-18)14-4-2-3-5-14/h6-7,12,14H,2-5,8-11H2,1H3. The lowest BCUT2D eigenvalue weighted by Crippen LogP contribution is -2.50. The molecule has 98 valence electrons. The normalized spacial score (nSPS) is 22.6. The van der Waals surface area contributed by atoms with Gasteiger partial charge in [-0.2, -0.15) is 0 Å². The number of pyridine rings is 1. The molecular formula is C15H23N3. The van der Waals surface area contributed by atoms with Crippen LogP contribution < -0.4 is 4.90 Å². The predicted molar refractivity (Wildman–Crippen MR) is 75.0 cm³/mol. The van der Waals surface area contributed by atoms with Crippen LogP contribution >= 0.6 is 0 Å². The van der Waals surface area contributed by atoms with E-state index in [0.717, 1.165) is 24.9 Å². The van der Waals surface area contributed by atoms with E-state index < -0.39 is 0 Å². The third-order valence-electron chi connectivity index (χ3n) is 4.38. The van der Waals surface area contributed by atoms with E-state index in [9.17, 15) is 0 Å². The van der Waals surface area contributed by atoms with Crippen molar-refractivity contribution in [2.24, 2.45) is 0 Å². The number of aryl methyl sites for hydroxylation is 1. The number of nitrogens with zero attached hydrogens (tertiary/aromatic N) is 3. The molecule has 1 aromatic heterocycles. The fourth-order valence-corrected chi connectivity index (χ4v) is 3.28. The highest BCUT2D eigenvalue weighted by Gasteiger charge is 2.26. The largest absolute Gasteiger partial charge is 0.354 e. The molecule has 2 fully saturated rings. The summed E-state index contributed by atoms with van der Waals surface area (Å²) in [4.78, 5) is 9.62. The van der Waals surface area contributed by atoms with E-state index in [4.69, 9.17) is 0 Å². The second-order valence-electron chi connectivity index (χ2n) is 5.65. The van der Waals surface area contributed by atoms with E-state index in [-0.39, 0.29) is 0 Å². The van der Waals surface area contributed by atoms with Gasteiger partial charge in [0, 0.05) is 38.4 Å². The van der Waals surface area contributed by atoms with Crippen LogP contribution in [-0.2, 0) is 0 Å². The molecule has 1 saturated heterocycles. The zero-order valence-electron chi connectivity index (χ0n) is 11.3. The maximum Gasteiger partial charge on any atom is 0.128 e. The molecule has 0 amide bonds. The lowest BCUT2D eigenvalue weighted by molar-refractivity contribution is 0.187. The van der Waals surface area contributed by atoms with Crippen molar-refractivity contribution in [3.8, 4) is 0 Å². The number of hydrogen-bond acceptors (Lipinski definition) is 3. The summed E-state index contributed by atoms with van der Waals surface area (Å²) in [6.45, 7) is 6.82. The van der Waals surface area contributed by atoms with Gasteiger partial charge < -0.3 is 4.90 Å². The molecule has 0 atom stereocenters. The van der Waals surface area contributed by atoms with Gasteiger partial charge in [-0.05, 0) is 37.5 Å². The van der Waals surface area contributed by atoms with Crippen molar-refractivity contribution in [3.63, 3.8) is 0 Å². The minimum atomic E-state index is 0.873. The maximum atomic E-state index is 4.49. The number of anilines is 1. The summed E-state index contributed by atoms with van der Waals surface area (Å²) in [5, 5.41) is 0. The van der Waals surface area contributed by atoms with Gasteiger partial charge in [-0.15, -0.1) is 0 Å². The van der Waals surface area contributed by atoms with Crippen LogP contribution in [0.3, 0.4) is 0 Å². The van der Waals surface area contributed by atoms with Gasteiger partial charge in [0.25, 0.3) is 0 Å². The van der Waals surface area contributed by atoms with Gasteiger partial charge in [-0.25, -0.2) is 4.98 Å². The van der Waals surface area contributed by atoms with E-state index in [1.54, 1.807) is 0 Å². The summed E-state index contributed by atoms with van der Waals surface area (Å²) in [6, 6.07) is 5.14. The molecule has 1 saturated carbocycles. The first-order valence-corrected chi connectivity index (χ1v) is 7.24. The monoisotopic (exact) mass is 245 g/mol. The van der Waals surface area contributed by atoms with Crippen molar-refractivity contribution < 1.29 is 0 Å². The molecule has 1 aliphatic heterocycles. The van der Waals surface area contributed by atoms with Crippen LogP contribution in [0.25, 0.3) is 0 Å². The third-order valence-corrected chi connectivity index (χ3v) is 4.38. The van der Waals surface area contributed by atoms with Gasteiger partial charge in [-0.3, -0.25) is 4.90 Å². The molecule has 0 spiro atoms. The van der Waals surface area contributed by atoms with Gasteiger partial charge in [-0.1, -0.05) is 12.8 Å². The van der Waals surface area contributed by atoms with Crippen molar-refractivity contribution in [2.45, 2.75) is 38.6 Å². The van der Waals surface area contributed by atoms with E-state index in [2.05, 4.69) is 33.8 Å². The maximum absolute atomic E-state index is 4.49. The lowest BCUT2D eigenvalue weighted by Gasteiger charge is -2.38. The van der Waals surface area contributed by atoms with Crippen LogP contribution in [0.5, 0.6) is 0 Å². The number of aromatic nitrogens is 1. The molecule has 18 heavy (non-hydrogen) atoms. The smallest absolute Gasteiger partial charge is 0.128 e. The van der Waals surface area contributed by atoms with E-state index >= 15 is 0 Å². The summed E-state index contributed by atoms with van der Waals surface area (Å²) in [7, 11) is 0. The molecule has 0 N–H and O–H groups in total. The molecule has 2 aliphatic rings. The first-order valence-electron chi connectivity index (χ1n) is 7.24. The van der Waals surface area contributed by atoms with Gasteiger partial charge in [0.05, 0.1) is 0 Å². The van der Waals surface area contributed by atoms with Gasteiger partial charge in [0.1, 0.15) is 5.82 Å². The highest BCUT2D eigenvalue weighted by atomic mass is 15.3. The Morgan fingerprint density at radius 3 is 2.50 bits per heavy atom. The van der Waals surface area contributed by atoms with Crippen LogP contribution in [-0.4, -0.2) is 42.1 Å². The average Bonchev–Trinajstić information content (AvgIpc) is 2.93. The SMILES string of the molecule is Cc1ccnc(N2CCN(C3CCCC3)CC2)c1. The summed E-state index contributed by atoms with van der Waals surface area (Å²) >= 11 is 0. The molecule has 1 aromatic rings. The second-order valence-corrected chi connectivity index (χ2v) is 5.65. The Bertz CT molecular complexity index is 390. The lowest BCUT2D eigenvalue weighted by atomic mass is 10.2. The molecule has 0 aromatic carbocycles. The molecule has 1 aliphatic carbocycles. The summed E-state index contributed by atoms with van der Waals surface area (Å²) in [5.74, 6) is 1.15. The second kappa shape index (κ2) is 5.27. The number of hydrogen-bond donors (Lipinski definition) is 0. The van der Waals surface area contributed by atoms with Gasteiger partial charge >= 0.3 is 0 Å². The summed E-state index contributed by atoms with van der Waals surface area (Å²) in [6.07, 6.45) is 7.63. The molecule has 0 bridgehead atoms. The Morgan fingerprint density at radius 1 is 1.11 bits per heavy atom. The topological polar surface area (TPSA) is 19.4 Å². The minimum Gasteiger partial charge on any atom is -0.354 e. The fraction of sp³-hybridized carbons (Fsp3) is 0.667. The van der Waals surface area contributed by atoms with Crippen molar-refractivity contribution >= 4 is 5.82 Å². The van der Waals surface area contributed by atoms with Crippen LogP contribution in [0.1, 0.15) is 31.2 Å². The number of rotatable bonds is 2. The molecule has 0 unspecified atom stereocenters. The highest BCUT2D eigenvalue weighted by molar-refractivity contribution is 5.41. The van der Waals surface area contributed by atoms with Crippen LogP contribution in [0.4, 0.5) is 5.82 Å². The summed E-state index contributed by atoms with van der Waals surface area (Å²) in [5.41, 5.74) is 1.30. The van der Waals surface area contributed by atoms with Crippen LogP contribution in [0.2, 0.25) is 0 Å². The molecule has 0 radical (unpaired) electrons. The Balaban J connectivity index is 1.59. The zero-order valence-corrected chi connectivity index (χ0v) is 11.3. The van der Waals surface area contributed by atoms with Gasteiger partial charge in [0.15, 0.2) is 0 Å². The van der Waals surface area contributed by atoms with E-state index in [0.29, 0.717) is 0 Å². The third kappa shape index (κ3) is 2.51.